The van der Waals surface area contributed by atoms with Gasteiger partial charge in [0, 0.05) is 17.2 Å². The van der Waals surface area contributed by atoms with E-state index in [1.165, 1.54) is 11.8 Å². The van der Waals surface area contributed by atoms with Crippen LogP contribution in [0.5, 0.6) is 0 Å². The number of anilines is 1. The van der Waals surface area contributed by atoms with Gasteiger partial charge in [0.15, 0.2) is 11.0 Å². The van der Waals surface area contributed by atoms with E-state index in [0.29, 0.717) is 21.6 Å². The molecule has 2 N–H and O–H groups in total. The fourth-order valence-corrected chi connectivity index (χ4v) is 3.60. The van der Waals surface area contributed by atoms with Crippen LogP contribution in [0.2, 0.25) is 5.02 Å². The normalized spacial score (nSPS) is 10.6. The van der Waals surface area contributed by atoms with Crippen molar-refractivity contribution in [2.24, 2.45) is 7.05 Å². The summed E-state index contributed by atoms with van der Waals surface area (Å²) in [5.41, 5.74) is 1.12. The molecule has 0 aliphatic heterocycles. The van der Waals surface area contributed by atoms with Gasteiger partial charge in [-0.25, -0.2) is 0 Å². The molecule has 2 aromatic carbocycles. The second-order valence-electron chi connectivity index (χ2n) is 5.96. The molecule has 0 atom stereocenters. The maximum Gasteiger partial charge on any atom is 0.253 e. The van der Waals surface area contributed by atoms with E-state index in [-0.39, 0.29) is 24.1 Å². The zero-order chi connectivity index (χ0) is 20.8. The third-order valence-electron chi connectivity index (χ3n) is 3.91. The van der Waals surface area contributed by atoms with Crippen molar-refractivity contribution in [3.63, 3.8) is 0 Å². The van der Waals surface area contributed by atoms with Crippen molar-refractivity contribution in [2.45, 2.75) is 11.7 Å². The van der Waals surface area contributed by atoms with Crippen LogP contribution >= 0.6 is 39.3 Å². The second-order valence-corrected chi connectivity index (χ2v) is 8.23. The minimum atomic E-state index is -0.290. The van der Waals surface area contributed by atoms with Crippen LogP contribution < -0.4 is 10.6 Å². The molecular weight excluding hydrogens is 478 g/mol. The van der Waals surface area contributed by atoms with Crippen LogP contribution in [0.4, 0.5) is 5.69 Å². The van der Waals surface area contributed by atoms with Gasteiger partial charge in [-0.3, -0.25) is 9.59 Å². The number of nitrogens with one attached hydrogen (secondary N) is 2. The van der Waals surface area contributed by atoms with Gasteiger partial charge in [0.1, 0.15) is 0 Å². The van der Waals surface area contributed by atoms with Gasteiger partial charge in [-0.15, -0.1) is 10.2 Å². The predicted octanol–water partition coefficient (Wildman–Crippen LogP) is 3.89. The van der Waals surface area contributed by atoms with Gasteiger partial charge >= 0.3 is 0 Å². The number of carbonyl (C=O) groups excluding carboxylic acids is 2. The van der Waals surface area contributed by atoms with Crippen LogP contribution in [0, 0.1) is 0 Å². The summed E-state index contributed by atoms with van der Waals surface area (Å²) in [4.78, 5) is 24.4. The number of aromatic nitrogens is 3. The quantitative estimate of drug-likeness (QED) is 0.487. The highest BCUT2D eigenvalue weighted by molar-refractivity contribution is 9.10. The number of rotatable bonds is 7. The van der Waals surface area contributed by atoms with Crippen molar-refractivity contribution < 1.29 is 9.59 Å². The Morgan fingerprint density at radius 3 is 2.59 bits per heavy atom. The molecule has 3 rings (SSSR count). The molecule has 0 unspecified atom stereocenters. The van der Waals surface area contributed by atoms with Crippen LogP contribution in [0.1, 0.15) is 16.2 Å². The Morgan fingerprint density at radius 1 is 1.14 bits per heavy atom. The largest absolute Gasteiger partial charge is 0.345 e. The van der Waals surface area contributed by atoms with Gasteiger partial charge in [0.05, 0.1) is 22.9 Å². The average molecular weight is 495 g/mol. The first-order valence-electron chi connectivity index (χ1n) is 8.53. The fourth-order valence-electron chi connectivity index (χ4n) is 2.38. The van der Waals surface area contributed by atoms with Gasteiger partial charge in [-0.1, -0.05) is 51.4 Å². The number of hydrogen-bond acceptors (Lipinski definition) is 5. The van der Waals surface area contributed by atoms with Crippen LogP contribution in [0.3, 0.4) is 0 Å². The lowest BCUT2D eigenvalue weighted by atomic mass is 10.2. The summed E-state index contributed by atoms with van der Waals surface area (Å²) < 4.78 is 2.68. The molecule has 3 aromatic rings. The van der Waals surface area contributed by atoms with Crippen LogP contribution in [-0.4, -0.2) is 32.3 Å². The molecule has 0 aliphatic rings. The van der Waals surface area contributed by atoms with Crippen molar-refractivity contribution in [1.82, 2.24) is 20.1 Å². The minimum absolute atomic E-state index is 0.145. The number of nitrogens with zero attached hydrogens (tertiary/aromatic N) is 3. The highest BCUT2D eigenvalue weighted by Gasteiger charge is 2.14. The van der Waals surface area contributed by atoms with Crippen LogP contribution in [0.15, 0.2) is 58.2 Å². The van der Waals surface area contributed by atoms with Crippen LogP contribution in [0.25, 0.3) is 0 Å². The summed E-state index contributed by atoms with van der Waals surface area (Å²) in [5.74, 6) is 0.324. The predicted molar refractivity (Wildman–Crippen MR) is 117 cm³/mol. The molecule has 1 heterocycles. The van der Waals surface area contributed by atoms with Gasteiger partial charge in [0.2, 0.25) is 5.91 Å². The van der Waals surface area contributed by atoms with Crippen molar-refractivity contribution in [3.8, 4) is 0 Å². The lowest BCUT2D eigenvalue weighted by molar-refractivity contribution is -0.113. The highest BCUT2D eigenvalue weighted by atomic mass is 79.9. The Hall–Kier alpha value is -2.36. The zero-order valence-corrected chi connectivity index (χ0v) is 18.5. The van der Waals surface area contributed by atoms with Crippen molar-refractivity contribution in [2.75, 3.05) is 11.1 Å². The lowest BCUT2D eigenvalue weighted by Gasteiger charge is -2.07. The monoisotopic (exact) mass is 493 g/mol. The Kier molecular flexibility index (Phi) is 7.29. The van der Waals surface area contributed by atoms with E-state index in [1.807, 2.05) is 24.3 Å². The first-order valence-corrected chi connectivity index (χ1v) is 10.7. The molecule has 0 saturated carbocycles. The molecule has 1 aromatic heterocycles. The van der Waals surface area contributed by atoms with Crippen LogP contribution in [-0.2, 0) is 18.4 Å². The van der Waals surface area contributed by atoms with E-state index in [2.05, 4.69) is 36.8 Å². The smallest absolute Gasteiger partial charge is 0.253 e. The van der Waals surface area contributed by atoms with Gasteiger partial charge in [0.25, 0.3) is 5.91 Å². The third-order valence-corrected chi connectivity index (χ3v) is 5.79. The molecule has 2 amide bonds. The SMILES string of the molecule is Cn1c(CNC(=O)c2ccccc2Cl)nnc1SCC(=O)Nc1ccc(Br)cc1. The molecule has 0 fully saturated rings. The maximum atomic E-state index is 12.3. The summed E-state index contributed by atoms with van der Waals surface area (Å²) in [7, 11) is 1.78. The molecule has 29 heavy (non-hydrogen) atoms. The zero-order valence-electron chi connectivity index (χ0n) is 15.4. The van der Waals surface area contributed by atoms with Crippen molar-refractivity contribution >= 4 is 56.8 Å². The number of hydrogen-bond donors (Lipinski definition) is 2. The molecule has 0 aliphatic carbocycles. The first kappa shape index (κ1) is 21.4. The van der Waals surface area contributed by atoms with E-state index in [9.17, 15) is 9.59 Å². The van der Waals surface area contributed by atoms with Gasteiger partial charge in [-0.05, 0) is 36.4 Å². The van der Waals surface area contributed by atoms with Crippen molar-refractivity contribution in [1.29, 1.82) is 0 Å². The number of carbonyl (C=O) groups is 2. The minimum Gasteiger partial charge on any atom is -0.345 e. The Bertz CT molecular complexity index is 1030. The number of halogens is 2. The summed E-state index contributed by atoms with van der Waals surface area (Å²) in [6.45, 7) is 0.194. The topological polar surface area (TPSA) is 88.9 Å². The number of amides is 2. The lowest BCUT2D eigenvalue weighted by Crippen LogP contribution is -2.24. The standard InChI is InChI=1S/C19H17BrClN5O2S/c1-26-16(10-22-18(28)14-4-2-3-5-15(14)21)24-25-19(26)29-11-17(27)23-13-8-6-12(20)7-9-13/h2-9H,10-11H2,1H3,(H,22,28)(H,23,27). The molecule has 10 heteroatoms. The molecule has 0 spiro atoms. The Labute approximate surface area is 185 Å². The molecule has 7 nitrogen and oxygen atoms in total. The second kappa shape index (κ2) is 9.91. The molecule has 0 saturated heterocycles. The maximum absolute atomic E-state index is 12.3. The summed E-state index contributed by atoms with van der Waals surface area (Å²) in [6.07, 6.45) is 0. The number of benzene rings is 2. The third kappa shape index (κ3) is 5.81. The van der Waals surface area contributed by atoms with E-state index >= 15 is 0 Å². The summed E-state index contributed by atoms with van der Waals surface area (Å²) in [6, 6.07) is 14.2. The summed E-state index contributed by atoms with van der Waals surface area (Å²) >= 11 is 10.7. The average Bonchev–Trinajstić information content (AvgIpc) is 3.06. The van der Waals surface area contributed by atoms with Gasteiger partial charge < -0.3 is 15.2 Å². The molecule has 150 valence electrons. The number of thioether (sulfide) groups is 1. The van der Waals surface area contributed by atoms with E-state index < -0.39 is 0 Å². The van der Waals surface area contributed by atoms with E-state index in [4.69, 9.17) is 11.6 Å². The summed E-state index contributed by atoms with van der Waals surface area (Å²) in [5, 5.41) is 14.7. The Morgan fingerprint density at radius 2 is 1.86 bits per heavy atom. The molecule has 0 radical (unpaired) electrons. The van der Waals surface area contributed by atoms with Crippen molar-refractivity contribution in [3.05, 3.63) is 69.4 Å². The van der Waals surface area contributed by atoms with Gasteiger partial charge in [-0.2, -0.15) is 0 Å². The van der Waals surface area contributed by atoms with E-state index in [1.54, 1.807) is 35.9 Å². The van der Waals surface area contributed by atoms with E-state index in [0.717, 1.165) is 10.2 Å². The fraction of sp³-hybridized carbons (Fsp3) is 0.158. The first-order chi connectivity index (χ1) is 13.9. The highest BCUT2D eigenvalue weighted by Crippen LogP contribution is 2.18. The molecule has 0 bridgehead atoms. The molecular formula is C19H17BrClN5O2S. The Balaban J connectivity index is 1.52.